The first-order chi connectivity index (χ1) is 17.5. The molecule has 0 saturated carbocycles. The van der Waals surface area contributed by atoms with Crippen molar-refractivity contribution in [2.24, 2.45) is 0 Å². The molecule has 1 heterocycles. The van der Waals surface area contributed by atoms with E-state index in [9.17, 15) is 44.3 Å². The zero-order valence-corrected chi connectivity index (χ0v) is 19.5. The molecule has 17 heteroatoms. The third kappa shape index (κ3) is 6.56. The van der Waals surface area contributed by atoms with Crippen LogP contribution in [0.1, 0.15) is 15.9 Å². The summed E-state index contributed by atoms with van der Waals surface area (Å²) in [5.41, 5.74) is -10.8. The van der Waals surface area contributed by atoms with Gasteiger partial charge in [0.05, 0.1) is 28.6 Å². The number of nitrogens with zero attached hydrogens (tertiary/aromatic N) is 1. The Balaban J connectivity index is 2.27. The van der Waals surface area contributed by atoms with Crippen LogP contribution in [0.3, 0.4) is 0 Å². The minimum atomic E-state index is -4.89. The smallest absolute Gasteiger partial charge is 0.429 e. The van der Waals surface area contributed by atoms with Crippen molar-refractivity contribution in [3.63, 3.8) is 0 Å². The van der Waals surface area contributed by atoms with Crippen LogP contribution in [-0.2, 0) is 6.18 Å². The molecule has 6 nitrogen and oxygen atoms in total. The summed E-state index contributed by atoms with van der Waals surface area (Å²) >= 11 is 9.60. The van der Waals surface area contributed by atoms with Gasteiger partial charge in [0, 0.05) is 0 Å². The van der Waals surface area contributed by atoms with Crippen molar-refractivity contribution in [3.05, 3.63) is 60.0 Å². The number of amides is 1. The maximum Gasteiger partial charge on any atom is 0.444 e. The minimum Gasteiger partial charge on any atom is -0.429 e. The van der Waals surface area contributed by atoms with Crippen LogP contribution in [-0.4, -0.2) is 34.5 Å². The van der Waals surface area contributed by atoms with E-state index in [1.807, 2.05) is 5.32 Å². The lowest BCUT2D eigenvalue weighted by atomic mass is 10.00. The predicted octanol–water partition coefficient (Wildman–Crippen LogP) is 7.62. The Kier molecular flexibility index (Phi) is 8.31. The lowest BCUT2D eigenvalue weighted by Crippen LogP contribution is -2.34. The summed E-state index contributed by atoms with van der Waals surface area (Å²) in [7, 11) is 0. The first-order valence-electron chi connectivity index (χ1n) is 9.78. The van der Waals surface area contributed by atoms with Crippen LogP contribution in [0.2, 0.25) is 0 Å². The summed E-state index contributed by atoms with van der Waals surface area (Å²) in [6, 6.07) is 3.45. The molecular weight excluding hydrogens is 586 g/mol. The van der Waals surface area contributed by atoms with E-state index >= 15 is 0 Å². The molecule has 0 aliphatic rings. The van der Waals surface area contributed by atoms with E-state index in [0.717, 1.165) is 12.5 Å². The van der Waals surface area contributed by atoms with Gasteiger partial charge in [0.2, 0.25) is 0 Å². The number of anilines is 1. The fraction of sp³-hybridized carbons (Fsp3) is 0.238. The molecular formula is C21H11Cl2F9N2O4. The van der Waals surface area contributed by atoms with Crippen molar-refractivity contribution in [2.45, 2.75) is 29.7 Å². The molecule has 38 heavy (non-hydrogen) atoms. The monoisotopic (exact) mass is 596 g/mol. The van der Waals surface area contributed by atoms with E-state index in [-0.39, 0.29) is 5.56 Å². The minimum absolute atomic E-state index is 0.270. The summed E-state index contributed by atoms with van der Waals surface area (Å²) in [5.74, 6) is -3.53. The Morgan fingerprint density at radius 2 is 1.47 bits per heavy atom. The molecule has 1 aromatic heterocycles. The summed E-state index contributed by atoms with van der Waals surface area (Å²) in [6.07, 6.45) is -12.8. The highest BCUT2D eigenvalue weighted by Crippen LogP contribution is 2.48. The molecule has 3 rings (SSSR count). The molecule has 0 fully saturated rings. The van der Waals surface area contributed by atoms with Crippen molar-refractivity contribution >= 4 is 34.8 Å². The van der Waals surface area contributed by atoms with Gasteiger partial charge in [-0.05, 0) is 29.8 Å². The number of hydrogen-bond acceptors (Lipinski definition) is 5. The SMILES string of the molecule is O=C(Nc1ccc(OC(F)(F)C(F)Cl)c(-c2ccc(C(F)(F)F)cc2)c1OC(F)(F)C(F)Cl)c1cnoc1. The molecule has 0 spiro atoms. The van der Waals surface area contributed by atoms with Crippen molar-refractivity contribution in [1.29, 1.82) is 0 Å². The van der Waals surface area contributed by atoms with E-state index in [0.29, 0.717) is 36.4 Å². The van der Waals surface area contributed by atoms with Crippen LogP contribution in [0.4, 0.5) is 45.2 Å². The van der Waals surface area contributed by atoms with Crippen molar-refractivity contribution in [1.82, 2.24) is 5.16 Å². The number of ether oxygens (including phenoxy) is 2. The predicted molar refractivity (Wildman–Crippen MR) is 114 cm³/mol. The first-order valence-corrected chi connectivity index (χ1v) is 10.7. The fourth-order valence-electron chi connectivity index (χ4n) is 2.84. The van der Waals surface area contributed by atoms with Crippen LogP contribution < -0.4 is 14.8 Å². The van der Waals surface area contributed by atoms with Crippen LogP contribution in [0.5, 0.6) is 11.5 Å². The van der Waals surface area contributed by atoms with Crippen molar-refractivity contribution < 1.29 is 58.3 Å². The van der Waals surface area contributed by atoms with Gasteiger partial charge in [-0.2, -0.15) is 30.7 Å². The third-order valence-electron chi connectivity index (χ3n) is 4.56. The van der Waals surface area contributed by atoms with Crippen molar-refractivity contribution in [2.75, 3.05) is 5.32 Å². The molecule has 3 aromatic rings. The van der Waals surface area contributed by atoms with E-state index in [1.54, 1.807) is 0 Å². The summed E-state index contributed by atoms with van der Waals surface area (Å²) in [6.45, 7) is 0. The highest BCUT2D eigenvalue weighted by atomic mass is 35.5. The second-order valence-electron chi connectivity index (χ2n) is 7.19. The largest absolute Gasteiger partial charge is 0.444 e. The topological polar surface area (TPSA) is 73.6 Å². The van der Waals surface area contributed by atoms with Crippen LogP contribution >= 0.6 is 23.2 Å². The van der Waals surface area contributed by atoms with Crippen molar-refractivity contribution in [3.8, 4) is 22.6 Å². The Morgan fingerprint density at radius 1 is 0.895 bits per heavy atom. The van der Waals surface area contributed by atoms with E-state index in [2.05, 4.69) is 19.2 Å². The molecule has 1 N–H and O–H groups in total. The Labute approximate surface area is 216 Å². The van der Waals surface area contributed by atoms with Gasteiger partial charge in [-0.25, -0.2) is 8.78 Å². The molecule has 0 aliphatic carbocycles. The van der Waals surface area contributed by atoms with Gasteiger partial charge >= 0.3 is 18.4 Å². The molecule has 0 aliphatic heterocycles. The number of halogens is 11. The Bertz CT molecular complexity index is 1270. The number of rotatable bonds is 9. The number of carbonyl (C=O) groups excluding carboxylic acids is 1. The summed E-state index contributed by atoms with van der Waals surface area (Å²) in [5, 5.41) is 5.30. The molecule has 2 aromatic carbocycles. The average Bonchev–Trinajstić information content (AvgIpc) is 3.35. The molecule has 0 bridgehead atoms. The summed E-state index contributed by atoms with van der Waals surface area (Å²) in [4.78, 5) is 12.4. The third-order valence-corrected chi connectivity index (χ3v) is 5.06. The molecule has 0 saturated heterocycles. The number of hydrogen-bond donors (Lipinski definition) is 1. The first kappa shape index (κ1) is 29.2. The van der Waals surface area contributed by atoms with Gasteiger partial charge in [-0.15, -0.1) is 0 Å². The Morgan fingerprint density at radius 3 is 1.97 bits per heavy atom. The van der Waals surface area contributed by atoms with Gasteiger partial charge < -0.3 is 19.3 Å². The molecule has 2 atom stereocenters. The van der Waals surface area contributed by atoms with Crippen LogP contribution in [0.25, 0.3) is 11.1 Å². The number of alkyl halides is 11. The standard InChI is InChI=1S/C21H11Cl2F9N2O4/c22-17(24)20(29,30)37-13-6-5-12(34-16(35)10-7-33-36-8-10)15(38-21(31,32)18(23)25)14(13)9-1-3-11(4-2-9)19(26,27)28/h1-8,17-18H,(H,34,35). The number of carbonyl (C=O) groups is 1. The maximum absolute atomic E-state index is 14.3. The number of nitrogens with one attached hydrogen (secondary N) is 1. The average molecular weight is 597 g/mol. The van der Waals surface area contributed by atoms with Gasteiger partial charge in [0.25, 0.3) is 17.2 Å². The quantitative estimate of drug-likeness (QED) is 0.203. The van der Waals surface area contributed by atoms with E-state index in [1.165, 1.54) is 0 Å². The second kappa shape index (κ2) is 10.8. The highest BCUT2D eigenvalue weighted by Gasteiger charge is 2.46. The number of benzene rings is 2. The molecule has 2 unspecified atom stereocenters. The summed E-state index contributed by atoms with van der Waals surface area (Å²) < 4.78 is 135. The lowest BCUT2D eigenvalue weighted by Gasteiger charge is -2.26. The zero-order valence-electron chi connectivity index (χ0n) is 18.0. The fourth-order valence-corrected chi connectivity index (χ4v) is 2.93. The van der Waals surface area contributed by atoms with E-state index in [4.69, 9.17) is 23.2 Å². The van der Waals surface area contributed by atoms with Crippen LogP contribution in [0, 0.1) is 0 Å². The highest BCUT2D eigenvalue weighted by molar-refractivity contribution is 6.20. The lowest BCUT2D eigenvalue weighted by molar-refractivity contribution is -0.201. The number of aromatic nitrogens is 1. The van der Waals surface area contributed by atoms with Gasteiger partial charge in [-0.3, -0.25) is 4.79 Å². The Hall–Kier alpha value is -3.33. The molecule has 0 radical (unpaired) electrons. The molecule has 206 valence electrons. The molecule has 1 amide bonds. The van der Waals surface area contributed by atoms with E-state index < -0.39 is 69.4 Å². The van der Waals surface area contributed by atoms with Crippen LogP contribution in [0.15, 0.2) is 53.4 Å². The van der Waals surface area contributed by atoms with Gasteiger partial charge in [0.1, 0.15) is 12.0 Å². The second-order valence-corrected chi connectivity index (χ2v) is 7.95. The van der Waals surface area contributed by atoms with Gasteiger partial charge in [-0.1, -0.05) is 40.5 Å². The maximum atomic E-state index is 14.3. The van der Waals surface area contributed by atoms with Gasteiger partial charge in [0.15, 0.2) is 5.75 Å². The normalized spacial score (nSPS) is 14.1. The zero-order chi connectivity index (χ0) is 28.5.